The number of methoxy groups -OCH3 is 4. The molecule has 30 heavy (non-hydrogen) atoms. The highest BCUT2D eigenvalue weighted by molar-refractivity contribution is 5.85. The Kier molecular flexibility index (Phi) is 11.1. The molecule has 3 rings (SSSR count). The number of nitrogens with one attached hydrogen (secondary N) is 2. The predicted molar refractivity (Wildman–Crippen MR) is 123 cm³/mol. The van der Waals surface area contributed by atoms with Gasteiger partial charge in [0.05, 0.1) is 35.0 Å². The van der Waals surface area contributed by atoms with Gasteiger partial charge < -0.3 is 23.8 Å². The van der Waals surface area contributed by atoms with E-state index in [-0.39, 0.29) is 24.8 Å². The summed E-state index contributed by atoms with van der Waals surface area (Å²) in [5.74, 6) is 3.01. The molecule has 2 N–H and O–H groups in total. The van der Waals surface area contributed by atoms with E-state index in [1.807, 2.05) is 12.1 Å². The second kappa shape index (κ2) is 12.7. The summed E-state index contributed by atoms with van der Waals surface area (Å²) in [4.78, 5) is 3.20. The Labute approximate surface area is 191 Å². The fourth-order valence-corrected chi connectivity index (χ4v) is 3.87. The number of rotatable bonds is 8. The van der Waals surface area contributed by atoms with Gasteiger partial charge in [-0.3, -0.25) is 4.90 Å². The fourth-order valence-electron chi connectivity index (χ4n) is 3.87. The van der Waals surface area contributed by atoms with Crippen LogP contribution in [0.1, 0.15) is 5.56 Å². The summed E-state index contributed by atoms with van der Waals surface area (Å²) >= 11 is 0. The molecule has 0 unspecified atom stereocenters. The Morgan fingerprint density at radius 1 is 0.733 bits per heavy atom. The lowest BCUT2D eigenvalue weighted by molar-refractivity contribution is -0.986. The van der Waals surface area contributed by atoms with Crippen molar-refractivity contribution in [1.29, 1.82) is 0 Å². The van der Waals surface area contributed by atoms with Crippen LogP contribution in [0, 0.1) is 0 Å². The van der Waals surface area contributed by atoms with E-state index in [9.17, 15) is 0 Å². The lowest BCUT2D eigenvalue weighted by atomic mass is 10.1. The molecule has 0 amide bonds. The molecule has 1 saturated heterocycles. The molecule has 168 valence electrons. The minimum atomic E-state index is 0. The van der Waals surface area contributed by atoms with Crippen LogP contribution in [-0.4, -0.2) is 61.2 Å². The number of hydrogen-bond donors (Lipinski definition) is 2. The SMILES string of the molecule is COc1ccc([NH+]2CC[NH+](CCc3cc(OC)c(OC)c(OC)c3)CC2)cc1.Cl.Cl. The quantitative estimate of drug-likeness (QED) is 0.621. The standard InChI is InChI=1S/C22H30N2O4.2ClH/c1-25-19-7-5-18(6-8-19)24-13-11-23(12-14-24)10-9-17-15-20(26-2)22(28-4)21(16-17)27-3;;/h5-8,15-16H,9-14H2,1-4H3;2*1H/p+2. The van der Waals surface area contributed by atoms with Crippen LogP contribution in [0.25, 0.3) is 0 Å². The highest BCUT2D eigenvalue weighted by Crippen LogP contribution is 2.38. The summed E-state index contributed by atoms with van der Waals surface area (Å²) in [5.41, 5.74) is 2.57. The van der Waals surface area contributed by atoms with Crippen molar-refractivity contribution in [1.82, 2.24) is 0 Å². The zero-order chi connectivity index (χ0) is 19.9. The van der Waals surface area contributed by atoms with E-state index < -0.39 is 0 Å². The predicted octanol–water partition coefficient (Wildman–Crippen LogP) is 1.22. The summed E-state index contributed by atoms with van der Waals surface area (Å²) in [6, 6.07) is 12.6. The Hall–Kier alpha value is -1.86. The molecule has 1 aliphatic rings. The summed E-state index contributed by atoms with van der Waals surface area (Å²) in [7, 11) is 6.66. The fraction of sp³-hybridized carbons (Fsp3) is 0.455. The van der Waals surface area contributed by atoms with E-state index in [2.05, 4.69) is 24.3 Å². The van der Waals surface area contributed by atoms with Gasteiger partial charge in [0, 0.05) is 18.6 Å². The first kappa shape index (κ1) is 26.2. The van der Waals surface area contributed by atoms with Gasteiger partial charge in [-0.05, 0) is 29.8 Å². The van der Waals surface area contributed by atoms with Crippen molar-refractivity contribution in [2.75, 3.05) is 61.2 Å². The van der Waals surface area contributed by atoms with Gasteiger partial charge in [0.1, 0.15) is 37.6 Å². The summed E-state index contributed by atoms with van der Waals surface area (Å²) in [6.45, 7) is 5.75. The van der Waals surface area contributed by atoms with E-state index in [4.69, 9.17) is 18.9 Å². The average Bonchev–Trinajstić information content (AvgIpc) is 2.77. The number of piperazine rings is 1. The van der Waals surface area contributed by atoms with E-state index >= 15 is 0 Å². The van der Waals surface area contributed by atoms with Gasteiger partial charge in [0.2, 0.25) is 5.75 Å². The van der Waals surface area contributed by atoms with E-state index in [0.29, 0.717) is 5.75 Å². The maximum Gasteiger partial charge on any atom is 0.203 e. The normalized spacial score (nSPS) is 17.9. The van der Waals surface area contributed by atoms with Crippen LogP contribution < -0.4 is 28.7 Å². The minimum Gasteiger partial charge on any atom is -0.497 e. The molecule has 0 bridgehead atoms. The van der Waals surface area contributed by atoms with Crippen molar-refractivity contribution in [2.24, 2.45) is 0 Å². The molecule has 1 aliphatic heterocycles. The molecule has 2 aromatic carbocycles. The molecule has 0 atom stereocenters. The van der Waals surface area contributed by atoms with Gasteiger partial charge in [0.25, 0.3) is 0 Å². The van der Waals surface area contributed by atoms with Gasteiger partial charge in [-0.1, -0.05) is 0 Å². The maximum atomic E-state index is 5.47. The number of hydrogen-bond acceptors (Lipinski definition) is 4. The topological polar surface area (TPSA) is 45.8 Å². The van der Waals surface area contributed by atoms with Crippen LogP contribution in [0.5, 0.6) is 23.0 Å². The number of halogens is 2. The number of ether oxygens (including phenoxy) is 4. The molecule has 0 saturated carbocycles. The van der Waals surface area contributed by atoms with Crippen LogP contribution in [0.2, 0.25) is 0 Å². The lowest BCUT2D eigenvalue weighted by Gasteiger charge is -2.29. The first-order valence-corrected chi connectivity index (χ1v) is 9.80. The smallest absolute Gasteiger partial charge is 0.203 e. The van der Waals surface area contributed by atoms with Crippen molar-refractivity contribution in [2.45, 2.75) is 6.42 Å². The van der Waals surface area contributed by atoms with Crippen molar-refractivity contribution in [3.63, 3.8) is 0 Å². The first-order valence-electron chi connectivity index (χ1n) is 9.80. The molecule has 0 aromatic heterocycles. The molecule has 1 fully saturated rings. The van der Waals surface area contributed by atoms with Crippen LogP contribution in [0.15, 0.2) is 36.4 Å². The zero-order valence-corrected chi connectivity index (χ0v) is 19.8. The number of benzene rings is 2. The van der Waals surface area contributed by atoms with Crippen molar-refractivity contribution < 1.29 is 28.7 Å². The van der Waals surface area contributed by atoms with Crippen LogP contribution in [-0.2, 0) is 6.42 Å². The third kappa shape index (κ3) is 6.32. The lowest BCUT2D eigenvalue weighted by Crippen LogP contribution is -3.26. The first-order chi connectivity index (χ1) is 13.7. The highest BCUT2D eigenvalue weighted by atomic mass is 35.5. The van der Waals surface area contributed by atoms with Gasteiger partial charge in [-0.25, -0.2) is 0 Å². The molecule has 8 heteroatoms. The van der Waals surface area contributed by atoms with E-state index in [1.165, 1.54) is 24.3 Å². The Balaban J connectivity index is 0.00000225. The van der Waals surface area contributed by atoms with Crippen LogP contribution >= 0.6 is 24.8 Å². The minimum absolute atomic E-state index is 0. The summed E-state index contributed by atoms with van der Waals surface area (Å²) in [5, 5.41) is 0. The van der Waals surface area contributed by atoms with Crippen molar-refractivity contribution in [3.05, 3.63) is 42.0 Å². The van der Waals surface area contributed by atoms with E-state index in [0.717, 1.165) is 43.3 Å². The van der Waals surface area contributed by atoms with Gasteiger partial charge in [-0.15, -0.1) is 24.8 Å². The van der Waals surface area contributed by atoms with Gasteiger partial charge in [-0.2, -0.15) is 0 Å². The van der Waals surface area contributed by atoms with Crippen LogP contribution in [0.3, 0.4) is 0 Å². The van der Waals surface area contributed by atoms with Gasteiger partial charge >= 0.3 is 0 Å². The Morgan fingerprint density at radius 3 is 1.77 bits per heavy atom. The van der Waals surface area contributed by atoms with Crippen LogP contribution in [0.4, 0.5) is 5.69 Å². The summed E-state index contributed by atoms with van der Waals surface area (Å²) < 4.78 is 21.6. The largest absolute Gasteiger partial charge is 0.497 e. The molecule has 2 aromatic rings. The molecule has 6 nitrogen and oxygen atoms in total. The zero-order valence-electron chi connectivity index (χ0n) is 18.2. The summed E-state index contributed by atoms with van der Waals surface area (Å²) in [6.07, 6.45) is 0.990. The Morgan fingerprint density at radius 2 is 1.30 bits per heavy atom. The second-order valence-corrected chi connectivity index (χ2v) is 7.12. The molecule has 0 aliphatic carbocycles. The third-order valence-corrected chi connectivity index (χ3v) is 5.55. The Bertz CT molecular complexity index is 741. The van der Waals surface area contributed by atoms with E-state index in [1.54, 1.807) is 38.2 Å². The average molecular weight is 461 g/mol. The van der Waals surface area contributed by atoms with Crippen molar-refractivity contribution in [3.8, 4) is 23.0 Å². The maximum absolute atomic E-state index is 5.47. The molecule has 0 radical (unpaired) electrons. The second-order valence-electron chi connectivity index (χ2n) is 7.12. The number of quaternary nitrogens is 2. The highest BCUT2D eigenvalue weighted by Gasteiger charge is 2.24. The van der Waals surface area contributed by atoms with Gasteiger partial charge in [0.15, 0.2) is 11.5 Å². The van der Waals surface area contributed by atoms with Crippen molar-refractivity contribution >= 4 is 30.5 Å². The third-order valence-electron chi connectivity index (χ3n) is 5.55. The molecule has 0 spiro atoms. The monoisotopic (exact) mass is 460 g/mol. The molecular formula is C22H34Cl2N2O4+2. The molecule has 1 heterocycles. The molecular weight excluding hydrogens is 427 g/mol.